The van der Waals surface area contributed by atoms with Gasteiger partial charge in [0.1, 0.15) is 18.1 Å². The Morgan fingerprint density at radius 1 is 0.867 bits per heavy atom. The van der Waals surface area contributed by atoms with E-state index in [2.05, 4.69) is 13.8 Å². The Bertz CT molecular complexity index is 953. The first-order valence-corrected chi connectivity index (χ1v) is 10.2. The average molecular weight is 404 g/mol. The molecule has 0 saturated carbocycles. The fourth-order valence-electron chi connectivity index (χ4n) is 3.29. The highest BCUT2D eigenvalue weighted by Crippen LogP contribution is 2.20. The molecule has 0 unspecified atom stereocenters. The molecule has 4 nitrogen and oxygen atoms in total. The Kier molecular flexibility index (Phi) is 7.50. The van der Waals surface area contributed by atoms with E-state index in [9.17, 15) is 4.79 Å². The smallest absolute Gasteiger partial charge is 0.254 e. The van der Waals surface area contributed by atoms with E-state index in [-0.39, 0.29) is 5.91 Å². The summed E-state index contributed by atoms with van der Waals surface area (Å²) in [4.78, 5) is 15.1. The number of nitrogens with zero attached hydrogens (tertiary/aromatic N) is 1. The molecule has 0 fully saturated rings. The number of methoxy groups -OCH3 is 1. The van der Waals surface area contributed by atoms with Crippen molar-refractivity contribution in [2.24, 2.45) is 5.92 Å². The highest BCUT2D eigenvalue weighted by atomic mass is 16.5. The number of benzene rings is 3. The highest BCUT2D eigenvalue weighted by molar-refractivity contribution is 5.94. The van der Waals surface area contributed by atoms with Crippen molar-refractivity contribution in [1.29, 1.82) is 0 Å². The van der Waals surface area contributed by atoms with Crippen LogP contribution >= 0.6 is 0 Å². The lowest BCUT2D eigenvalue weighted by atomic mass is 10.1. The van der Waals surface area contributed by atoms with Crippen molar-refractivity contribution in [2.75, 3.05) is 13.7 Å². The number of amides is 1. The topological polar surface area (TPSA) is 38.8 Å². The highest BCUT2D eigenvalue weighted by Gasteiger charge is 2.18. The summed E-state index contributed by atoms with van der Waals surface area (Å²) in [6.45, 7) is 5.95. The molecule has 0 aliphatic carbocycles. The zero-order valence-electron chi connectivity index (χ0n) is 17.9. The zero-order chi connectivity index (χ0) is 21.3. The third-order valence-electron chi connectivity index (χ3n) is 4.71. The van der Waals surface area contributed by atoms with Gasteiger partial charge < -0.3 is 14.4 Å². The minimum Gasteiger partial charge on any atom is -0.497 e. The van der Waals surface area contributed by atoms with Gasteiger partial charge in [-0.1, -0.05) is 62.4 Å². The molecular formula is C26H29NO3. The van der Waals surface area contributed by atoms with Crippen molar-refractivity contribution in [3.63, 3.8) is 0 Å². The monoisotopic (exact) mass is 403 g/mol. The van der Waals surface area contributed by atoms with Crippen LogP contribution in [0.5, 0.6) is 11.5 Å². The normalized spacial score (nSPS) is 10.7. The van der Waals surface area contributed by atoms with Crippen LogP contribution in [0.1, 0.15) is 35.3 Å². The van der Waals surface area contributed by atoms with Crippen molar-refractivity contribution in [3.8, 4) is 11.5 Å². The molecule has 0 spiro atoms. The minimum atomic E-state index is -0.00166. The second-order valence-corrected chi connectivity index (χ2v) is 7.73. The summed E-state index contributed by atoms with van der Waals surface area (Å²) >= 11 is 0. The third-order valence-corrected chi connectivity index (χ3v) is 4.71. The Balaban J connectivity index is 1.73. The second-order valence-electron chi connectivity index (χ2n) is 7.73. The predicted octanol–water partition coefficient (Wildman–Crippen LogP) is 5.57. The van der Waals surface area contributed by atoms with E-state index in [1.165, 1.54) is 0 Å². The van der Waals surface area contributed by atoms with Crippen molar-refractivity contribution in [2.45, 2.75) is 27.0 Å². The van der Waals surface area contributed by atoms with Crippen LogP contribution in [0.25, 0.3) is 0 Å². The fourth-order valence-corrected chi connectivity index (χ4v) is 3.29. The maximum Gasteiger partial charge on any atom is 0.254 e. The molecule has 0 aromatic heterocycles. The van der Waals surface area contributed by atoms with Gasteiger partial charge in [0.2, 0.25) is 0 Å². The van der Waals surface area contributed by atoms with Gasteiger partial charge in [-0.15, -0.1) is 0 Å². The van der Waals surface area contributed by atoms with Crippen LogP contribution in [-0.2, 0) is 13.2 Å². The summed E-state index contributed by atoms with van der Waals surface area (Å²) in [5.74, 6) is 1.84. The summed E-state index contributed by atoms with van der Waals surface area (Å²) < 4.78 is 11.2. The summed E-state index contributed by atoms with van der Waals surface area (Å²) in [6.07, 6.45) is 0. The van der Waals surface area contributed by atoms with Crippen molar-refractivity contribution < 1.29 is 14.3 Å². The molecule has 3 rings (SSSR count). The van der Waals surface area contributed by atoms with E-state index in [1.807, 2.05) is 77.7 Å². The van der Waals surface area contributed by atoms with E-state index in [0.29, 0.717) is 36.9 Å². The molecule has 4 heteroatoms. The fraction of sp³-hybridized carbons (Fsp3) is 0.269. The van der Waals surface area contributed by atoms with Crippen molar-refractivity contribution in [1.82, 2.24) is 4.90 Å². The van der Waals surface area contributed by atoms with Gasteiger partial charge in [0.25, 0.3) is 5.91 Å². The minimum absolute atomic E-state index is 0.00166. The second kappa shape index (κ2) is 10.5. The predicted molar refractivity (Wildman–Crippen MR) is 120 cm³/mol. The molecule has 0 aliphatic heterocycles. The molecule has 0 heterocycles. The maximum atomic E-state index is 13.2. The van der Waals surface area contributed by atoms with Crippen LogP contribution in [0.2, 0.25) is 0 Å². The van der Waals surface area contributed by atoms with Gasteiger partial charge in [-0.3, -0.25) is 4.79 Å². The van der Waals surface area contributed by atoms with Gasteiger partial charge in [-0.25, -0.2) is 0 Å². The molecule has 1 amide bonds. The number of hydrogen-bond donors (Lipinski definition) is 0. The summed E-state index contributed by atoms with van der Waals surface area (Å²) in [6, 6.07) is 25.3. The Morgan fingerprint density at radius 2 is 1.57 bits per heavy atom. The first-order valence-electron chi connectivity index (χ1n) is 10.2. The largest absolute Gasteiger partial charge is 0.497 e. The molecule has 0 N–H and O–H groups in total. The molecule has 156 valence electrons. The summed E-state index contributed by atoms with van der Waals surface area (Å²) in [5, 5.41) is 0. The number of hydrogen-bond acceptors (Lipinski definition) is 3. The Hall–Kier alpha value is -3.27. The molecule has 0 radical (unpaired) electrons. The van der Waals surface area contributed by atoms with Gasteiger partial charge in [-0.05, 0) is 47.4 Å². The van der Waals surface area contributed by atoms with E-state index in [0.717, 1.165) is 16.9 Å². The van der Waals surface area contributed by atoms with Crippen LogP contribution in [0.3, 0.4) is 0 Å². The molecule has 30 heavy (non-hydrogen) atoms. The van der Waals surface area contributed by atoms with E-state index >= 15 is 0 Å². The third kappa shape index (κ3) is 6.11. The molecule has 0 atom stereocenters. The van der Waals surface area contributed by atoms with Gasteiger partial charge in [0, 0.05) is 18.7 Å². The number of carbonyl (C=O) groups is 1. The lowest BCUT2D eigenvalue weighted by molar-refractivity contribution is 0.0722. The standard InChI is InChI=1S/C26H29NO3/c1-20(2)17-27(26(28)23-12-8-13-24(16-23)29-3)18-22-11-7-14-25(15-22)30-19-21-9-5-4-6-10-21/h4-16,20H,17-19H2,1-3H3. The zero-order valence-corrected chi connectivity index (χ0v) is 17.9. The summed E-state index contributed by atoms with van der Waals surface area (Å²) in [5.41, 5.74) is 2.79. The lowest BCUT2D eigenvalue weighted by Gasteiger charge is -2.25. The number of rotatable bonds is 9. The van der Waals surface area contributed by atoms with Crippen LogP contribution in [0.15, 0.2) is 78.9 Å². The van der Waals surface area contributed by atoms with E-state index in [4.69, 9.17) is 9.47 Å². The molecule has 3 aromatic carbocycles. The SMILES string of the molecule is COc1cccc(C(=O)N(Cc2cccc(OCc3ccccc3)c2)CC(C)C)c1. The quantitative estimate of drug-likeness (QED) is 0.469. The van der Waals surface area contributed by atoms with Gasteiger partial charge >= 0.3 is 0 Å². The van der Waals surface area contributed by atoms with Crippen LogP contribution in [0.4, 0.5) is 0 Å². The molecule has 0 aliphatic rings. The molecule has 3 aromatic rings. The van der Waals surface area contributed by atoms with Crippen LogP contribution in [-0.4, -0.2) is 24.5 Å². The molecule has 0 bridgehead atoms. The molecular weight excluding hydrogens is 374 g/mol. The van der Waals surface area contributed by atoms with Gasteiger partial charge in [-0.2, -0.15) is 0 Å². The van der Waals surface area contributed by atoms with E-state index < -0.39 is 0 Å². The Morgan fingerprint density at radius 3 is 2.30 bits per heavy atom. The average Bonchev–Trinajstić information content (AvgIpc) is 2.77. The van der Waals surface area contributed by atoms with E-state index in [1.54, 1.807) is 13.2 Å². The first kappa shape index (κ1) is 21.4. The lowest BCUT2D eigenvalue weighted by Crippen LogP contribution is -2.33. The van der Waals surface area contributed by atoms with Crippen molar-refractivity contribution >= 4 is 5.91 Å². The number of carbonyl (C=O) groups excluding carboxylic acids is 1. The van der Waals surface area contributed by atoms with Crippen LogP contribution < -0.4 is 9.47 Å². The Labute approximate surface area is 179 Å². The number of ether oxygens (including phenoxy) is 2. The summed E-state index contributed by atoms with van der Waals surface area (Å²) in [7, 11) is 1.61. The maximum absolute atomic E-state index is 13.2. The first-order chi connectivity index (χ1) is 14.5. The van der Waals surface area contributed by atoms with Gasteiger partial charge in [0.15, 0.2) is 0 Å². The van der Waals surface area contributed by atoms with Crippen molar-refractivity contribution in [3.05, 3.63) is 95.6 Å². The van der Waals surface area contributed by atoms with Crippen LogP contribution in [0, 0.1) is 5.92 Å². The van der Waals surface area contributed by atoms with Gasteiger partial charge in [0.05, 0.1) is 7.11 Å². The molecule has 0 saturated heterocycles.